The second kappa shape index (κ2) is 10.5. The van der Waals surface area contributed by atoms with E-state index in [4.69, 9.17) is 4.74 Å². The first-order valence-corrected chi connectivity index (χ1v) is 9.17. The van der Waals surface area contributed by atoms with Crippen molar-refractivity contribution in [1.29, 1.82) is 0 Å². The number of amides is 1. The van der Waals surface area contributed by atoms with Crippen molar-refractivity contribution < 1.29 is 14.3 Å². The van der Waals surface area contributed by atoms with Crippen molar-refractivity contribution in [2.24, 2.45) is 4.99 Å². The largest absolute Gasteiger partial charge is 0.459 e. The zero-order chi connectivity index (χ0) is 20.4. The fourth-order valence-electron chi connectivity index (χ4n) is 2.30. The van der Waals surface area contributed by atoms with Gasteiger partial charge in [0.1, 0.15) is 12.1 Å². The molecule has 150 valence electrons. The van der Waals surface area contributed by atoms with E-state index in [1.165, 1.54) is 0 Å². The summed E-state index contributed by atoms with van der Waals surface area (Å²) < 4.78 is 5.26. The van der Waals surface area contributed by atoms with Crippen LogP contribution in [0.25, 0.3) is 0 Å². The molecule has 27 heavy (non-hydrogen) atoms. The van der Waals surface area contributed by atoms with Crippen molar-refractivity contribution in [3.05, 3.63) is 35.4 Å². The maximum atomic E-state index is 12.0. The zero-order valence-corrected chi connectivity index (χ0v) is 17.3. The topological polar surface area (TPSA) is 83.0 Å². The van der Waals surface area contributed by atoms with Crippen LogP contribution < -0.4 is 10.6 Å². The molecule has 0 radical (unpaired) electrons. The van der Waals surface area contributed by atoms with Gasteiger partial charge >= 0.3 is 5.97 Å². The Labute approximate surface area is 162 Å². The van der Waals surface area contributed by atoms with Crippen LogP contribution in [-0.2, 0) is 16.0 Å². The van der Waals surface area contributed by atoms with E-state index in [0.29, 0.717) is 24.6 Å². The minimum atomic E-state index is -0.520. The second-order valence-electron chi connectivity index (χ2n) is 7.36. The summed E-state index contributed by atoms with van der Waals surface area (Å²) in [7, 11) is 3.47. The minimum Gasteiger partial charge on any atom is -0.459 e. The molecule has 0 saturated carbocycles. The number of nitrogens with one attached hydrogen (secondary N) is 2. The lowest BCUT2D eigenvalue weighted by Gasteiger charge is -2.19. The van der Waals surface area contributed by atoms with Gasteiger partial charge in [0.2, 0.25) is 0 Å². The van der Waals surface area contributed by atoms with Crippen LogP contribution in [-0.4, -0.2) is 62.1 Å². The summed E-state index contributed by atoms with van der Waals surface area (Å²) in [4.78, 5) is 29.7. The normalized spacial score (nSPS) is 11.7. The van der Waals surface area contributed by atoms with E-state index in [1.807, 2.05) is 52.0 Å². The number of carbonyl (C=O) groups is 2. The van der Waals surface area contributed by atoms with Gasteiger partial charge in [-0.05, 0) is 51.8 Å². The van der Waals surface area contributed by atoms with E-state index < -0.39 is 5.60 Å². The van der Waals surface area contributed by atoms with Gasteiger partial charge < -0.3 is 20.3 Å². The lowest BCUT2D eigenvalue weighted by molar-refractivity contribution is -0.152. The first-order valence-electron chi connectivity index (χ1n) is 9.17. The molecule has 0 spiro atoms. The number of esters is 1. The molecule has 0 unspecified atom stereocenters. The third kappa shape index (κ3) is 9.08. The molecule has 1 aromatic carbocycles. The first kappa shape index (κ1) is 22.5. The van der Waals surface area contributed by atoms with Gasteiger partial charge in [-0.15, -0.1) is 0 Å². The molecular formula is C20H32N4O3. The SMILES string of the molecule is CCNC(=NCC(=O)OC(C)(C)C)NCCc1cccc(C(=O)N(C)C)c1. The molecule has 1 amide bonds. The number of benzene rings is 1. The zero-order valence-electron chi connectivity index (χ0n) is 17.3. The Morgan fingerprint density at radius 1 is 1.19 bits per heavy atom. The number of hydrogen-bond acceptors (Lipinski definition) is 4. The van der Waals surface area contributed by atoms with Crippen LogP contribution in [0.5, 0.6) is 0 Å². The minimum absolute atomic E-state index is 0.0166. The van der Waals surface area contributed by atoms with Crippen molar-refractivity contribution in [2.45, 2.75) is 39.7 Å². The third-order valence-electron chi connectivity index (χ3n) is 3.42. The summed E-state index contributed by atoms with van der Waals surface area (Å²) in [6.45, 7) is 8.71. The molecule has 0 fully saturated rings. The van der Waals surface area contributed by atoms with E-state index in [2.05, 4.69) is 15.6 Å². The number of guanidine groups is 1. The number of ether oxygens (including phenoxy) is 1. The fourth-order valence-corrected chi connectivity index (χ4v) is 2.30. The predicted octanol–water partition coefficient (Wildman–Crippen LogP) is 1.83. The molecule has 7 nitrogen and oxygen atoms in total. The van der Waals surface area contributed by atoms with Crippen molar-refractivity contribution in [1.82, 2.24) is 15.5 Å². The van der Waals surface area contributed by atoms with Crippen LogP contribution in [0.2, 0.25) is 0 Å². The third-order valence-corrected chi connectivity index (χ3v) is 3.42. The van der Waals surface area contributed by atoms with Crippen LogP contribution in [0.4, 0.5) is 0 Å². The first-order chi connectivity index (χ1) is 12.6. The van der Waals surface area contributed by atoms with E-state index in [0.717, 1.165) is 12.0 Å². The quantitative estimate of drug-likeness (QED) is 0.431. The lowest BCUT2D eigenvalue weighted by atomic mass is 10.1. The molecule has 7 heteroatoms. The van der Waals surface area contributed by atoms with Crippen molar-refractivity contribution in [3.63, 3.8) is 0 Å². The van der Waals surface area contributed by atoms with Gasteiger partial charge in [0.25, 0.3) is 5.91 Å². The Bertz CT molecular complexity index is 663. The van der Waals surface area contributed by atoms with Crippen LogP contribution in [0.1, 0.15) is 43.6 Å². The van der Waals surface area contributed by atoms with Crippen LogP contribution in [0.3, 0.4) is 0 Å². The van der Waals surface area contributed by atoms with Crippen LogP contribution in [0.15, 0.2) is 29.3 Å². The highest BCUT2D eigenvalue weighted by Crippen LogP contribution is 2.08. The molecule has 1 rings (SSSR count). The average molecular weight is 377 g/mol. The van der Waals surface area contributed by atoms with Gasteiger partial charge in [-0.1, -0.05) is 12.1 Å². The molecule has 0 bridgehead atoms. The molecule has 1 aromatic rings. The second-order valence-corrected chi connectivity index (χ2v) is 7.36. The van der Waals surface area contributed by atoms with Gasteiger partial charge in [0, 0.05) is 32.7 Å². The summed E-state index contributed by atoms with van der Waals surface area (Å²) in [5.41, 5.74) is 1.20. The summed E-state index contributed by atoms with van der Waals surface area (Å²) in [5, 5.41) is 6.30. The Morgan fingerprint density at radius 3 is 2.48 bits per heavy atom. The summed E-state index contributed by atoms with van der Waals surface area (Å²) >= 11 is 0. The Balaban J connectivity index is 2.60. The number of carbonyl (C=O) groups excluding carboxylic acids is 2. The number of nitrogens with zero attached hydrogens (tertiary/aromatic N) is 2. The van der Waals surface area contributed by atoms with E-state index >= 15 is 0 Å². The van der Waals surface area contributed by atoms with Crippen LogP contribution in [0, 0.1) is 0 Å². The highest BCUT2D eigenvalue weighted by molar-refractivity contribution is 5.94. The van der Waals surface area contributed by atoms with Gasteiger partial charge in [-0.3, -0.25) is 9.59 Å². The van der Waals surface area contributed by atoms with Gasteiger partial charge in [0.05, 0.1) is 0 Å². The highest BCUT2D eigenvalue weighted by Gasteiger charge is 2.15. The number of aliphatic imine (C=N–C) groups is 1. The molecule has 0 heterocycles. The van der Waals surface area contributed by atoms with Gasteiger partial charge in [-0.2, -0.15) is 0 Å². The Morgan fingerprint density at radius 2 is 1.89 bits per heavy atom. The van der Waals surface area contributed by atoms with Crippen molar-refractivity contribution in [3.8, 4) is 0 Å². The van der Waals surface area contributed by atoms with Crippen molar-refractivity contribution >= 4 is 17.8 Å². The number of hydrogen-bond donors (Lipinski definition) is 2. The Kier molecular flexibility index (Phi) is 8.78. The van der Waals surface area contributed by atoms with E-state index in [9.17, 15) is 9.59 Å². The van der Waals surface area contributed by atoms with Crippen molar-refractivity contribution in [2.75, 3.05) is 33.7 Å². The van der Waals surface area contributed by atoms with Crippen LogP contribution >= 0.6 is 0 Å². The van der Waals surface area contributed by atoms with Gasteiger partial charge in [-0.25, -0.2) is 4.99 Å². The molecule has 0 aliphatic heterocycles. The predicted molar refractivity (Wildman–Crippen MR) is 108 cm³/mol. The summed E-state index contributed by atoms with van der Waals surface area (Å²) in [6, 6.07) is 7.58. The molecular weight excluding hydrogens is 344 g/mol. The Hall–Kier alpha value is -2.57. The molecule has 2 N–H and O–H groups in total. The van der Waals surface area contributed by atoms with E-state index in [-0.39, 0.29) is 18.4 Å². The molecule has 0 aliphatic rings. The van der Waals surface area contributed by atoms with E-state index in [1.54, 1.807) is 19.0 Å². The number of rotatable bonds is 7. The lowest BCUT2D eigenvalue weighted by Crippen LogP contribution is -2.39. The molecule has 0 atom stereocenters. The maximum Gasteiger partial charge on any atom is 0.328 e. The standard InChI is InChI=1S/C20H32N4O3/c1-7-21-19(23-14-17(25)27-20(2,3)4)22-12-11-15-9-8-10-16(13-15)18(26)24(5)6/h8-10,13H,7,11-12,14H2,1-6H3,(H2,21,22,23). The summed E-state index contributed by atoms with van der Waals surface area (Å²) in [5.74, 6) is 0.176. The van der Waals surface area contributed by atoms with Gasteiger partial charge in [0.15, 0.2) is 5.96 Å². The summed E-state index contributed by atoms with van der Waals surface area (Å²) in [6.07, 6.45) is 0.728. The smallest absolute Gasteiger partial charge is 0.328 e. The fraction of sp³-hybridized carbons (Fsp3) is 0.550. The average Bonchev–Trinajstić information content (AvgIpc) is 2.57. The molecule has 0 saturated heterocycles. The highest BCUT2D eigenvalue weighted by atomic mass is 16.6. The maximum absolute atomic E-state index is 12.0. The molecule has 0 aromatic heterocycles. The monoisotopic (exact) mass is 376 g/mol. The molecule has 0 aliphatic carbocycles.